The average Bonchev–Trinajstić information content (AvgIpc) is 2.86. The van der Waals surface area contributed by atoms with Crippen molar-refractivity contribution in [3.05, 3.63) is 107 Å². The molecule has 6 nitrogen and oxygen atoms in total. The second-order valence-electron chi connectivity index (χ2n) is 8.40. The van der Waals surface area contributed by atoms with Crippen molar-refractivity contribution in [3.8, 4) is 16.8 Å². The number of likely N-dealkylation sites (N-methyl/N-ethyl adjacent to an activating group) is 1. The minimum atomic E-state index is -0.279. The van der Waals surface area contributed by atoms with E-state index in [2.05, 4.69) is 0 Å². The second kappa shape index (κ2) is 8.48. The van der Waals surface area contributed by atoms with Crippen LogP contribution in [-0.4, -0.2) is 30.4 Å². The Morgan fingerprint density at radius 3 is 2.21 bits per heavy atom. The summed E-state index contributed by atoms with van der Waals surface area (Å²) in [5.74, 6) is -0.158. The summed E-state index contributed by atoms with van der Waals surface area (Å²) in [6.07, 6.45) is 2.57. The summed E-state index contributed by atoms with van der Waals surface area (Å²) in [7, 11) is 1.81. The molecule has 1 aliphatic heterocycles. The van der Waals surface area contributed by atoms with E-state index in [4.69, 9.17) is 0 Å². The summed E-state index contributed by atoms with van der Waals surface area (Å²) in [6, 6.07) is 24.3. The first-order valence-corrected chi connectivity index (χ1v) is 11.0. The fraction of sp³-hybridized carbons (Fsp3) is 0.107. The molecule has 4 aromatic rings. The second-order valence-corrected chi connectivity index (χ2v) is 8.40. The van der Waals surface area contributed by atoms with Crippen molar-refractivity contribution in [1.82, 2.24) is 4.57 Å². The van der Waals surface area contributed by atoms with Gasteiger partial charge in [-0.25, -0.2) is 0 Å². The number of anilines is 3. The SMILES string of the molecule is Cc1ccc(N2C(=O)CN(C)c3ccn(-c4ccc(-c5ccccc5C=O)cc4)c(=O)c32)cc1. The van der Waals surface area contributed by atoms with Crippen molar-refractivity contribution in [2.75, 3.05) is 23.4 Å². The molecule has 168 valence electrons. The third kappa shape index (κ3) is 3.59. The van der Waals surface area contributed by atoms with Crippen molar-refractivity contribution in [1.29, 1.82) is 0 Å². The van der Waals surface area contributed by atoms with E-state index in [1.165, 1.54) is 4.90 Å². The molecule has 0 bridgehead atoms. The predicted octanol–water partition coefficient (Wildman–Crippen LogP) is 4.74. The minimum absolute atomic E-state index is 0.158. The van der Waals surface area contributed by atoms with Gasteiger partial charge in [-0.3, -0.25) is 23.9 Å². The molecule has 0 N–H and O–H groups in total. The molecule has 0 unspecified atom stereocenters. The molecule has 5 rings (SSSR count). The summed E-state index contributed by atoms with van der Waals surface area (Å²) in [4.78, 5) is 41.5. The van der Waals surface area contributed by atoms with Crippen LogP contribution < -0.4 is 15.4 Å². The van der Waals surface area contributed by atoms with Crippen molar-refractivity contribution >= 4 is 29.3 Å². The van der Waals surface area contributed by atoms with Gasteiger partial charge in [-0.15, -0.1) is 0 Å². The Hall–Kier alpha value is -4.45. The first-order valence-electron chi connectivity index (χ1n) is 11.0. The Labute approximate surface area is 197 Å². The lowest BCUT2D eigenvalue weighted by molar-refractivity contribution is -0.116. The van der Waals surface area contributed by atoms with E-state index in [-0.39, 0.29) is 18.0 Å². The van der Waals surface area contributed by atoms with Gasteiger partial charge in [0.15, 0.2) is 6.29 Å². The third-order valence-electron chi connectivity index (χ3n) is 6.14. The number of nitrogens with zero attached hydrogens (tertiary/aromatic N) is 3. The van der Waals surface area contributed by atoms with Crippen LogP contribution in [0, 0.1) is 6.92 Å². The fourth-order valence-corrected chi connectivity index (χ4v) is 4.35. The van der Waals surface area contributed by atoms with Gasteiger partial charge in [0.1, 0.15) is 5.69 Å². The lowest BCUT2D eigenvalue weighted by Crippen LogP contribution is -2.45. The molecule has 1 amide bonds. The Kier molecular flexibility index (Phi) is 5.34. The van der Waals surface area contributed by atoms with Crippen LogP contribution in [0.2, 0.25) is 0 Å². The van der Waals surface area contributed by atoms with E-state index < -0.39 is 0 Å². The highest BCUT2D eigenvalue weighted by molar-refractivity contribution is 6.08. The Morgan fingerprint density at radius 2 is 1.50 bits per heavy atom. The van der Waals surface area contributed by atoms with Gasteiger partial charge in [0, 0.05) is 30.2 Å². The monoisotopic (exact) mass is 449 g/mol. The normalized spacial score (nSPS) is 13.1. The summed E-state index contributed by atoms with van der Waals surface area (Å²) < 4.78 is 1.54. The van der Waals surface area contributed by atoms with E-state index in [0.29, 0.717) is 28.3 Å². The maximum absolute atomic E-state index is 13.7. The van der Waals surface area contributed by atoms with Crippen LogP contribution in [0.1, 0.15) is 15.9 Å². The van der Waals surface area contributed by atoms with Crippen molar-refractivity contribution in [2.45, 2.75) is 6.92 Å². The van der Waals surface area contributed by atoms with Gasteiger partial charge in [-0.05, 0) is 48.4 Å². The number of pyridine rings is 1. The maximum Gasteiger partial charge on any atom is 0.281 e. The Balaban J connectivity index is 1.61. The van der Waals surface area contributed by atoms with Crippen molar-refractivity contribution < 1.29 is 9.59 Å². The molecule has 0 saturated carbocycles. The van der Waals surface area contributed by atoms with E-state index in [1.807, 2.05) is 86.8 Å². The van der Waals surface area contributed by atoms with Crippen LogP contribution in [0.5, 0.6) is 0 Å². The maximum atomic E-state index is 13.7. The number of rotatable bonds is 4. The van der Waals surface area contributed by atoms with Gasteiger partial charge in [-0.1, -0.05) is 54.1 Å². The largest absolute Gasteiger partial charge is 0.363 e. The molecule has 34 heavy (non-hydrogen) atoms. The first-order chi connectivity index (χ1) is 16.5. The number of hydrogen-bond donors (Lipinski definition) is 0. The number of aryl methyl sites for hydroxylation is 1. The standard InChI is InChI=1S/C28H23N3O3/c1-19-7-11-23(12-8-19)31-26(33)17-29(2)25-15-16-30(28(34)27(25)31)22-13-9-20(10-14-22)24-6-4-3-5-21(24)18-32/h3-16,18H,17H2,1-2H3. The van der Waals surface area contributed by atoms with Gasteiger partial charge in [0.2, 0.25) is 0 Å². The molecule has 0 radical (unpaired) electrons. The van der Waals surface area contributed by atoms with E-state index >= 15 is 0 Å². The number of aromatic nitrogens is 1. The quantitative estimate of drug-likeness (QED) is 0.422. The smallest absolute Gasteiger partial charge is 0.281 e. The van der Waals surface area contributed by atoms with Crippen LogP contribution in [0.4, 0.5) is 17.1 Å². The zero-order chi connectivity index (χ0) is 23.8. The molecule has 1 aromatic heterocycles. The molecule has 2 heterocycles. The van der Waals surface area contributed by atoms with Crippen LogP contribution in [0.3, 0.4) is 0 Å². The summed E-state index contributed by atoms with van der Waals surface area (Å²) >= 11 is 0. The van der Waals surface area contributed by atoms with Crippen molar-refractivity contribution in [2.24, 2.45) is 0 Å². The number of benzene rings is 3. The van der Waals surface area contributed by atoms with Gasteiger partial charge in [-0.2, -0.15) is 0 Å². The van der Waals surface area contributed by atoms with Gasteiger partial charge in [0.25, 0.3) is 11.5 Å². The molecular formula is C28H23N3O3. The molecule has 0 atom stereocenters. The molecule has 1 aliphatic rings. The number of hydrogen-bond acceptors (Lipinski definition) is 4. The fourth-order valence-electron chi connectivity index (χ4n) is 4.35. The average molecular weight is 450 g/mol. The molecule has 0 fully saturated rings. The highest BCUT2D eigenvalue weighted by Gasteiger charge is 2.32. The zero-order valence-corrected chi connectivity index (χ0v) is 18.9. The Morgan fingerprint density at radius 1 is 0.824 bits per heavy atom. The summed E-state index contributed by atoms with van der Waals surface area (Å²) in [5.41, 5.74) is 5.50. The van der Waals surface area contributed by atoms with Gasteiger partial charge < -0.3 is 4.90 Å². The zero-order valence-electron chi connectivity index (χ0n) is 18.9. The van der Waals surface area contributed by atoms with E-state index in [0.717, 1.165) is 23.0 Å². The van der Waals surface area contributed by atoms with E-state index in [1.54, 1.807) is 21.7 Å². The molecule has 0 aliphatic carbocycles. The van der Waals surface area contributed by atoms with Gasteiger partial charge in [0.05, 0.1) is 12.2 Å². The van der Waals surface area contributed by atoms with E-state index in [9.17, 15) is 14.4 Å². The van der Waals surface area contributed by atoms with Crippen LogP contribution in [-0.2, 0) is 4.79 Å². The predicted molar refractivity (Wildman–Crippen MR) is 134 cm³/mol. The number of aldehydes is 1. The number of fused-ring (bicyclic) bond motifs is 1. The highest BCUT2D eigenvalue weighted by atomic mass is 16.2. The number of carbonyl (C=O) groups excluding carboxylic acids is 2. The van der Waals surface area contributed by atoms with Crippen LogP contribution in [0.15, 0.2) is 89.9 Å². The number of amides is 1. The van der Waals surface area contributed by atoms with Gasteiger partial charge >= 0.3 is 0 Å². The lowest BCUT2D eigenvalue weighted by Gasteiger charge is -2.35. The Bertz CT molecular complexity index is 1450. The lowest BCUT2D eigenvalue weighted by atomic mass is 10.0. The summed E-state index contributed by atoms with van der Waals surface area (Å²) in [6.45, 7) is 2.17. The highest BCUT2D eigenvalue weighted by Crippen LogP contribution is 2.35. The van der Waals surface area contributed by atoms with Crippen molar-refractivity contribution in [3.63, 3.8) is 0 Å². The third-order valence-corrected chi connectivity index (χ3v) is 6.14. The number of carbonyl (C=O) groups is 2. The molecule has 0 saturated heterocycles. The first kappa shape index (κ1) is 21.4. The molecule has 3 aromatic carbocycles. The summed E-state index contributed by atoms with van der Waals surface area (Å²) in [5, 5.41) is 0. The van der Waals surface area contributed by atoms with Crippen LogP contribution in [0.25, 0.3) is 16.8 Å². The topological polar surface area (TPSA) is 62.6 Å². The molecule has 0 spiro atoms. The van der Waals surface area contributed by atoms with Crippen LogP contribution >= 0.6 is 0 Å². The molecule has 6 heteroatoms. The molecular weight excluding hydrogens is 426 g/mol. The minimum Gasteiger partial charge on any atom is -0.363 e.